The fourth-order valence-corrected chi connectivity index (χ4v) is 2.38. The molecule has 2 rings (SSSR count). The molecule has 2 aromatic rings. The van der Waals surface area contributed by atoms with Crippen molar-refractivity contribution in [1.82, 2.24) is 9.97 Å². The summed E-state index contributed by atoms with van der Waals surface area (Å²) in [5, 5.41) is 6.62. The molecule has 0 amide bonds. The van der Waals surface area contributed by atoms with Crippen LogP contribution in [0.1, 0.15) is 26.6 Å². The lowest BCUT2D eigenvalue weighted by Crippen LogP contribution is -2.26. The third-order valence-electron chi connectivity index (χ3n) is 3.28. The van der Waals surface area contributed by atoms with Crippen molar-refractivity contribution in [3.05, 3.63) is 24.0 Å². The minimum Gasteiger partial charge on any atom is -0.493 e. The topological polar surface area (TPSA) is 77.5 Å². The van der Waals surface area contributed by atoms with Crippen molar-refractivity contribution in [2.24, 2.45) is 0 Å². The summed E-state index contributed by atoms with van der Waals surface area (Å²) >= 11 is 0. The molecule has 0 fully saturated rings. The van der Waals surface area contributed by atoms with Crippen molar-refractivity contribution in [2.45, 2.75) is 33.2 Å². The van der Waals surface area contributed by atoms with E-state index in [1.807, 2.05) is 25.1 Å². The number of hydrogen-bond donors (Lipinski definition) is 2. The molecule has 7 heteroatoms. The van der Waals surface area contributed by atoms with Gasteiger partial charge in [0, 0.05) is 29.4 Å². The first-order valence-electron chi connectivity index (χ1n) is 7.96. The van der Waals surface area contributed by atoms with Crippen LogP contribution in [0.2, 0.25) is 0 Å². The molecular weight excluding hydrogens is 320 g/mol. The second kappa shape index (κ2) is 7.46. The molecule has 0 saturated heterocycles. The maximum Gasteiger partial charge on any atom is 0.203 e. The zero-order valence-corrected chi connectivity index (χ0v) is 15.9. The highest BCUT2D eigenvalue weighted by molar-refractivity contribution is 5.67. The SMILES string of the molecule is COc1cc(Nc2cc(NC(C)(C)C)nc(C)n2)cc(OC)c1OC. The van der Waals surface area contributed by atoms with Gasteiger partial charge in [0.15, 0.2) is 11.5 Å². The lowest BCUT2D eigenvalue weighted by Gasteiger charge is -2.22. The summed E-state index contributed by atoms with van der Waals surface area (Å²) in [6.07, 6.45) is 0. The summed E-state index contributed by atoms with van der Waals surface area (Å²) in [5.74, 6) is 3.79. The number of aromatic nitrogens is 2. The summed E-state index contributed by atoms with van der Waals surface area (Å²) in [6.45, 7) is 8.10. The summed E-state index contributed by atoms with van der Waals surface area (Å²) in [6, 6.07) is 5.52. The number of rotatable bonds is 6. The Labute approximate surface area is 148 Å². The van der Waals surface area contributed by atoms with Gasteiger partial charge in [0.2, 0.25) is 5.75 Å². The van der Waals surface area contributed by atoms with Crippen LogP contribution in [-0.2, 0) is 0 Å². The van der Waals surface area contributed by atoms with Crippen LogP contribution < -0.4 is 24.8 Å². The highest BCUT2D eigenvalue weighted by Gasteiger charge is 2.15. The quantitative estimate of drug-likeness (QED) is 0.824. The normalized spacial score (nSPS) is 11.0. The smallest absolute Gasteiger partial charge is 0.203 e. The standard InChI is InChI=1S/C18H26N4O3/c1-11-19-15(10-16(20-11)22-18(2,3)4)21-12-8-13(23-5)17(25-7)14(9-12)24-6/h8-10H,1-7H3,(H2,19,20,21,22). The van der Waals surface area contributed by atoms with Gasteiger partial charge in [-0.25, -0.2) is 9.97 Å². The van der Waals surface area contributed by atoms with E-state index in [2.05, 4.69) is 41.4 Å². The Kier molecular flexibility index (Phi) is 5.56. The van der Waals surface area contributed by atoms with Gasteiger partial charge in [-0.1, -0.05) is 0 Å². The molecular formula is C18H26N4O3. The molecule has 1 heterocycles. The Bertz CT molecular complexity index is 717. The zero-order valence-electron chi connectivity index (χ0n) is 15.9. The predicted molar refractivity (Wildman–Crippen MR) is 99.5 cm³/mol. The Hall–Kier alpha value is -2.70. The number of benzene rings is 1. The van der Waals surface area contributed by atoms with Crippen LogP contribution in [-0.4, -0.2) is 36.8 Å². The van der Waals surface area contributed by atoms with E-state index in [4.69, 9.17) is 14.2 Å². The van der Waals surface area contributed by atoms with Crippen LogP contribution in [0.4, 0.5) is 17.3 Å². The number of anilines is 3. The van der Waals surface area contributed by atoms with Gasteiger partial charge in [0.05, 0.1) is 21.3 Å². The zero-order chi connectivity index (χ0) is 18.6. The molecule has 0 atom stereocenters. The first-order valence-corrected chi connectivity index (χ1v) is 7.96. The summed E-state index contributed by atoms with van der Waals surface area (Å²) < 4.78 is 16.1. The van der Waals surface area contributed by atoms with E-state index in [1.54, 1.807) is 21.3 Å². The highest BCUT2D eigenvalue weighted by Crippen LogP contribution is 2.40. The van der Waals surface area contributed by atoms with Crippen molar-refractivity contribution in [3.8, 4) is 17.2 Å². The summed E-state index contributed by atoms with van der Waals surface area (Å²) in [7, 11) is 4.74. The summed E-state index contributed by atoms with van der Waals surface area (Å²) in [4.78, 5) is 8.86. The van der Waals surface area contributed by atoms with Gasteiger partial charge in [0.1, 0.15) is 17.5 Å². The number of hydrogen-bond acceptors (Lipinski definition) is 7. The molecule has 0 aliphatic carbocycles. The maximum atomic E-state index is 5.38. The molecule has 0 saturated carbocycles. The molecule has 1 aromatic heterocycles. The van der Waals surface area contributed by atoms with E-state index in [1.165, 1.54) is 0 Å². The molecule has 0 radical (unpaired) electrons. The third kappa shape index (κ3) is 4.89. The number of nitrogens with one attached hydrogen (secondary N) is 2. The molecule has 0 spiro atoms. The fourth-order valence-electron chi connectivity index (χ4n) is 2.38. The monoisotopic (exact) mass is 346 g/mol. The van der Waals surface area contributed by atoms with Crippen molar-refractivity contribution >= 4 is 17.3 Å². The highest BCUT2D eigenvalue weighted by atomic mass is 16.5. The Balaban J connectivity index is 2.36. The average molecular weight is 346 g/mol. The minimum absolute atomic E-state index is 0.0926. The number of methoxy groups -OCH3 is 3. The predicted octanol–water partition coefficient (Wildman–Crippen LogP) is 3.76. The van der Waals surface area contributed by atoms with Crippen LogP contribution >= 0.6 is 0 Å². The molecule has 25 heavy (non-hydrogen) atoms. The second-order valence-electron chi connectivity index (χ2n) is 6.60. The van der Waals surface area contributed by atoms with Crippen LogP contribution in [0.25, 0.3) is 0 Å². The molecule has 0 aliphatic rings. The van der Waals surface area contributed by atoms with Gasteiger partial charge in [-0.3, -0.25) is 0 Å². The lowest BCUT2D eigenvalue weighted by molar-refractivity contribution is 0.324. The molecule has 0 bridgehead atoms. The minimum atomic E-state index is -0.0926. The van der Waals surface area contributed by atoms with E-state index in [0.717, 1.165) is 11.5 Å². The summed E-state index contributed by atoms with van der Waals surface area (Å²) in [5.41, 5.74) is 0.680. The van der Waals surface area contributed by atoms with Gasteiger partial charge in [-0.05, 0) is 27.7 Å². The molecule has 0 unspecified atom stereocenters. The molecule has 0 aliphatic heterocycles. The largest absolute Gasteiger partial charge is 0.493 e. The van der Waals surface area contributed by atoms with Gasteiger partial charge in [-0.2, -0.15) is 0 Å². The number of aryl methyl sites for hydroxylation is 1. The Morgan fingerprint density at radius 3 is 1.88 bits per heavy atom. The van der Waals surface area contributed by atoms with Crippen LogP contribution in [0.3, 0.4) is 0 Å². The maximum absolute atomic E-state index is 5.38. The number of ether oxygens (including phenoxy) is 3. The molecule has 2 N–H and O–H groups in total. The number of nitrogens with zero attached hydrogens (tertiary/aromatic N) is 2. The van der Waals surface area contributed by atoms with E-state index < -0.39 is 0 Å². The Morgan fingerprint density at radius 1 is 0.840 bits per heavy atom. The van der Waals surface area contributed by atoms with Gasteiger partial charge < -0.3 is 24.8 Å². The van der Waals surface area contributed by atoms with E-state index >= 15 is 0 Å². The van der Waals surface area contributed by atoms with Crippen molar-refractivity contribution < 1.29 is 14.2 Å². The van der Waals surface area contributed by atoms with E-state index in [9.17, 15) is 0 Å². The van der Waals surface area contributed by atoms with E-state index in [-0.39, 0.29) is 5.54 Å². The molecule has 1 aromatic carbocycles. The molecule has 7 nitrogen and oxygen atoms in total. The molecule has 136 valence electrons. The average Bonchev–Trinajstić information content (AvgIpc) is 2.51. The van der Waals surface area contributed by atoms with Crippen molar-refractivity contribution in [2.75, 3.05) is 32.0 Å². The Morgan fingerprint density at radius 2 is 1.40 bits per heavy atom. The first kappa shape index (κ1) is 18.6. The van der Waals surface area contributed by atoms with Gasteiger partial charge in [0.25, 0.3) is 0 Å². The second-order valence-corrected chi connectivity index (χ2v) is 6.60. The first-order chi connectivity index (χ1) is 11.8. The van der Waals surface area contributed by atoms with Crippen molar-refractivity contribution in [1.29, 1.82) is 0 Å². The van der Waals surface area contributed by atoms with Crippen LogP contribution in [0.5, 0.6) is 17.2 Å². The van der Waals surface area contributed by atoms with Gasteiger partial charge in [-0.15, -0.1) is 0 Å². The van der Waals surface area contributed by atoms with Crippen molar-refractivity contribution in [3.63, 3.8) is 0 Å². The van der Waals surface area contributed by atoms with E-state index in [0.29, 0.717) is 28.9 Å². The van der Waals surface area contributed by atoms with Crippen LogP contribution in [0, 0.1) is 6.92 Å². The van der Waals surface area contributed by atoms with Gasteiger partial charge >= 0.3 is 0 Å². The van der Waals surface area contributed by atoms with Crippen LogP contribution in [0.15, 0.2) is 18.2 Å². The fraction of sp³-hybridized carbons (Fsp3) is 0.444. The lowest BCUT2D eigenvalue weighted by atomic mass is 10.1. The third-order valence-corrected chi connectivity index (χ3v) is 3.28.